The minimum absolute atomic E-state index is 0.472. The number of imidazole rings is 1. The summed E-state index contributed by atoms with van der Waals surface area (Å²) in [5.41, 5.74) is 5.05. The van der Waals surface area contributed by atoms with E-state index in [9.17, 15) is 4.79 Å². The predicted octanol–water partition coefficient (Wildman–Crippen LogP) is 4.36. The number of aryl methyl sites for hydroxylation is 1. The minimum Gasteiger partial charge on any atom is -0.489 e. The zero-order valence-corrected chi connectivity index (χ0v) is 14.8. The van der Waals surface area contributed by atoms with Crippen LogP contribution in [0.3, 0.4) is 0 Å². The number of carboxylic acid groups (broad SMARTS) is 1. The predicted molar refractivity (Wildman–Crippen MR) is 102 cm³/mol. The lowest BCUT2D eigenvalue weighted by molar-refractivity contribution is -0.131. The molecule has 0 atom stereocenters. The molecule has 0 aliphatic rings. The summed E-state index contributed by atoms with van der Waals surface area (Å²) in [6.45, 7) is 8.17. The van der Waals surface area contributed by atoms with Gasteiger partial charge < -0.3 is 9.84 Å². The highest BCUT2D eigenvalue weighted by Gasteiger charge is 2.13. The molecule has 132 valence electrons. The van der Waals surface area contributed by atoms with Gasteiger partial charge in [0.15, 0.2) is 0 Å². The van der Waals surface area contributed by atoms with Gasteiger partial charge >= 0.3 is 5.97 Å². The van der Waals surface area contributed by atoms with Gasteiger partial charge in [0.05, 0.1) is 11.4 Å². The van der Waals surface area contributed by atoms with Crippen molar-refractivity contribution in [1.29, 1.82) is 0 Å². The van der Waals surface area contributed by atoms with Crippen LogP contribution in [0.15, 0.2) is 60.7 Å². The largest absolute Gasteiger partial charge is 0.489 e. The topological polar surface area (TPSA) is 63.8 Å². The van der Waals surface area contributed by atoms with Crippen LogP contribution in [0.4, 0.5) is 0 Å². The lowest BCUT2D eigenvalue weighted by atomic mass is 10.1. The first-order valence-corrected chi connectivity index (χ1v) is 8.22. The van der Waals surface area contributed by atoms with Crippen LogP contribution in [0, 0.1) is 6.92 Å². The van der Waals surface area contributed by atoms with Crippen LogP contribution >= 0.6 is 0 Å². The number of ether oxygens (including phenoxy) is 1. The van der Waals surface area contributed by atoms with E-state index in [4.69, 9.17) is 9.84 Å². The summed E-state index contributed by atoms with van der Waals surface area (Å²) in [5, 5.41) is 9.02. The van der Waals surface area contributed by atoms with Gasteiger partial charge in [0.2, 0.25) is 0 Å². The Hall–Kier alpha value is -3.34. The lowest BCUT2D eigenvalue weighted by Gasteiger charge is -2.07. The molecule has 0 unspecified atom stereocenters. The van der Waals surface area contributed by atoms with Gasteiger partial charge in [0.25, 0.3) is 0 Å². The van der Waals surface area contributed by atoms with E-state index in [2.05, 4.69) is 11.6 Å². The second-order valence-electron chi connectivity index (χ2n) is 6.15. The van der Waals surface area contributed by atoms with Gasteiger partial charge in [-0.15, -0.1) is 0 Å². The lowest BCUT2D eigenvalue weighted by Crippen LogP contribution is -1.97. The van der Waals surface area contributed by atoms with Crippen molar-refractivity contribution in [2.75, 3.05) is 6.61 Å². The van der Waals surface area contributed by atoms with E-state index in [1.807, 2.05) is 60.7 Å². The average Bonchev–Trinajstić information content (AvgIpc) is 2.98. The van der Waals surface area contributed by atoms with Crippen LogP contribution < -0.4 is 4.74 Å². The number of carbonyl (C=O) groups is 1. The van der Waals surface area contributed by atoms with Crippen molar-refractivity contribution >= 4 is 17.7 Å². The molecule has 0 spiro atoms. The Morgan fingerprint density at radius 2 is 2.00 bits per heavy atom. The summed E-state index contributed by atoms with van der Waals surface area (Å²) < 4.78 is 7.57. The van der Waals surface area contributed by atoms with Crippen LogP contribution in [0.1, 0.15) is 18.3 Å². The zero-order chi connectivity index (χ0) is 18.7. The number of aromatic nitrogens is 2. The molecular weight excluding hydrogens is 328 g/mol. The van der Waals surface area contributed by atoms with E-state index in [-0.39, 0.29) is 0 Å². The van der Waals surface area contributed by atoms with Crippen LogP contribution in [0.5, 0.6) is 5.75 Å². The van der Waals surface area contributed by atoms with Crippen LogP contribution in [-0.2, 0) is 4.79 Å². The van der Waals surface area contributed by atoms with E-state index in [0.29, 0.717) is 6.61 Å². The van der Waals surface area contributed by atoms with Gasteiger partial charge in [-0.05, 0) is 61.9 Å². The molecule has 0 saturated heterocycles. The molecule has 2 aromatic heterocycles. The standard InChI is InChI=1S/C21H20N2O3/c1-14(2)13-26-17-9-7-16(8-10-17)21-18(11-12-20(24)25)23-15(3)5-4-6-19(23)22-21/h4-12H,1,13H2,2-3H3,(H,24,25)/b12-11+. The third-order valence-electron chi connectivity index (χ3n) is 3.87. The second kappa shape index (κ2) is 7.27. The quantitative estimate of drug-likeness (QED) is 0.531. The van der Waals surface area contributed by atoms with E-state index in [1.165, 1.54) is 0 Å². The Kier molecular flexibility index (Phi) is 4.89. The summed E-state index contributed by atoms with van der Waals surface area (Å²) in [6, 6.07) is 13.4. The highest BCUT2D eigenvalue weighted by atomic mass is 16.5. The van der Waals surface area contributed by atoms with Crippen LogP contribution in [0.25, 0.3) is 23.0 Å². The van der Waals surface area contributed by atoms with Gasteiger partial charge in [0, 0.05) is 17.3 Å². The number of fused-ring (bicyclic) bond motifs is 1. The molecule has 0 saturated carbocycles. The zero-order valence-electron chi connectivity index (χ0n) is 14.8. The van der Waals surface area contributed by atoms with Crippen molar-refractivity contribution in [3.8, 4) is 17.0 Å². The van der Waals surface area contributed by atoms with Gasteiger partial charge in [0.1, 0.15) is 18.0 Å². The van der Waals surface area contributed by atoms with Crippen LogP contribution in [-0.4, -0.2) is 27.1 Å². The maximum atomic E-state index is 11.0. The summed E-state index contributed by atoms with van der Waals surface area (Å²) in [5.74, 6) is -0.248. The van der Waals surface area contributed by atoms with E-state index < -0.39 is 5.97 Å². The molecule has 5 heteroatoms. The second-order valence-corrected chi connectivity index (χ2v) is 6.15. The number of carboxylic acids is 1. The minimum atomic E-state index is -0.997. The SMILES string of the molecule is C=C(C)COc1ccc(-c2nc3cccc(C)n3c2/C=C/C(=O)O)cc1. The van der Waals surface area contributed by atoms with E-state index in [1.54, 1.807) is 6.08 Å². The Balaban J connectivity index is 2.06. The highest BCUT2D eigenvalue weighted by molar-refractivity contribution is 5.87. The van der Waals surface area contributed by atoms with Crippen molar-refractivity contribution in [3.05, 3.63) is 72.1 Å². The molecule has 3 aromatic rings. The maximum Gasteiger partial charge on any atom is 0.328 e. The first kappa shape index (κ1) is 17.5. The molecule has 3 rings (SSSR count). The molecule has 0 radical (unpaired) electrons. The number of pyridine rings is 1. The maximum absolute atomic E-state index is 11.0. The monoisotopic (exact) mass is 348 g/mol. The van der Waals surface area contributed by atoms with Crippen molar-refractivity contribution in [3.63, 3.8) is 0 Å². The molecule has 1 N–H and O–H groups in total. The van der Waals surface area contributed by atoms with Crippen molar-refractivity contribution in [1.82, 2.24) is 9.38 Å². The Labute approximate surface area is 151 Å². The molecule has 2 heterocycles. The number of nitrogens with zero attached hydrogens (tertiary/aromatic N) is 2. The average molecular weight is 348 g/mol. The number of aliphatic carboxylic acids is 1. The first-order chi connectivity index (χ1) is 12.5. The molecule has 0 bridgehead atoms. The van der Waals surface area contributed by atoms with Crippen molar-refractivity contribution < 1.29 is 14.6 Å². The fourth-order valence-electron chi connectivity index (χ4n) is 2.71. The molecule has 0 aliphatic carbocycles. The van der Waals surface area contributed by atoms with Gasteiger partial charge in [-0.3, -0.25) is 4.40 Å². The number of rotatable bonds is 6. The summed E-state index contributed by atoms with van der Waals surface area (Å²) in [6.07, 6.45) is 2.71. The fraction of sp³-hybridized carbons (Fsp3) is 0.143. The molecule has 26 heavy (non-hydrogen) atoms. The van der Waals surface area contributed by atoms with Crippen LogP contribution in [0.2, 0.25) is 0 Å². The molecule has 1 aromatic carbocycles. The van der Waals surface area contributed by atoms with E-state index in [0.717, 1.165) is 45.7 Å². The normalized spacial score (nSPS) is 11.2. The van der Waals surface area contributed by atoms with Gasteiger partial charge in [-0.1, -0.05) is 12.6 Å². The Morgan fingerprint density at radius 1 is 1.27 bits per heavy atom. The fourth-order valence-corrected chi connectivity index (χ4v) is 2.71. The van der Waals surface area contributed by atoms with Crippen molar-refractivity contribution in [2.24, 2.45) is 0 Å². The molecule has 5 nitrogen and oxygen atoms in total. The smallest absolute Gasteiger partial charge is 0.328 e. The summed E-state index contributed by atoms with van der Waals surface area (Å²) >= 11 is 0. The number of hydrogen-bond acceptors (Lipinski definition) is 3. The summed E-state index contributed by atoms with van der Waals surface area (Å²) in [7, 11) is 0. The Morgan fingerprint density at radius 3 is 2.65 bits per heavy atom. The van der Waals surface area contributed by atoms with Gasteiger partial charge in [-0.25, -0.2) is 9.78 Å². The first-order valence-electron chi connectivity index (χ1n) is 8.22. The summed E-state index contributed by atoms with van der Waals surface area (Å²) in [4.78, 5) is 15.7. The number of benzene rings is 1. The Bertz CT molecular complexity index is 998. The molecule has 0 fully saturated rings. The third kappa shape index (κ3) is 3.67. The molecule has 0 amide bonds. The van der Waals surface area contributed by atoms with Crippen molar-refractivity contribution in [2.45, 2.75) is 13.8 Å². The molecular formula is C21H20N2O3. The van der Waals surface area contributed by atoms with E-state index >= 15 is 0 Å². The van der Waals surface area contributed by atoms with Gasteiger partial charge in [-0.2, -0.15) is 0 Å². The molecule has 0 aliphatic heterocycles. The number of hydrogen-bond donors (Lipinski definition) is 1. The highest BCUT2D eigenvalue weighted by Crippen LogP contribution is 2.28. The third-order valence-corrected chi connectivity index (χ3v) is 3.87.